The Hall–Kier alpha value is -2.37. The van der Waals surface area contributed by atoms with Crippen molar-refractivity contribution >= 4 is 17.8 Å². The lowest BCUT2D eigenvalue weighted by molar-refractivity contribution is -0.142. The number of carboxylic acids is 1. The largest absolute Gasteiger partial charge is 0.479 e. The van der Waals surface area contributed by atoms with Gasteiger partial charge in [0.05, 0.1) is 6.54 Å². The van der Waals surface area contributed by atoms with Crippen LogP contribution in [0.3, 0.4) is 0 Å². The number of nitrogens with one attached hydrogen (secondary N) is 1. The van der Waals surface area contributed by atoms with Gasteiger partial charge in [0.2, 0.25) is 11.8 Å². The van der Waals surface area contributed by atoms with Gasteiger partial charge in [-0.3, -0.25) is 9.59 Å². The summed E-state index contributed by atoms with van der Waals surface area (Å²) < 4.78 is 0. The molecule has 130 valence electrons. The van der Waals surface area contributed by atoms with Crippen LogP contribution in [0.25, 0.3) is 0 Å². The van der Waals surface area contributed by atoms with Gasteiger partial charge in [0.1, 0.15) is 0 Å². The minimum absolute atomic E-state index is 0.0410. The van der Waals surface area contributed by atoms with Gasteiger partial charge >= 0.3 is 5.97 Å². The van der Waals surface area contributed by atoms with E-state index in [2.05, 4.69) is 5.32 Å². The van der Waals surface area contributed by atoms with Crippen molar-refractivity contribution in [3.05, 3.63) is 34.9 Å². The summed E-state index contributed by atoms with van der Waals surface area (Å²) in [6.07, 6.45) is 3.15. The highest BCUT2D eigenvalue weighted by Gasteiger charge is 2.25. The van der Waals surface area contributed by atoms with Gasteiger partial charge in [-0.05, 0) is 43.4 Å². The average Bonchev–Trinajstić information content (AvgIpc) is 2.72. The van der Waals surface area contributed by atoms with Crippen LogP contribution < -0.4 is 5.32 Å². The molecule has 1 unspecified atom stereocenters. The smallest absolute Gasteiger partial charge is 0.330 e. The molecule has 6 nitrogen and oxygen atoms in total. The SMILES string of the molecule is Cc1ccc(C(NC(=O)CN2CCCCCC2=O)C(=O)O)cc1C. The van der Waals surface area contributed by atoms with Crippen molar-refractivity contribution in [2.45, 2.75) is 45.6 Å². The summed E-state index contributed by atoms with van der Waals surface area (Å²) in [4.78, 5) is 37.3. The Labute approximate surface area is 141 Å². The molecule has 1 aliphatic heterocycles. The molecule has 0 saturated carbocycles. The van der Waals surface area contributed by atoms with E-state index in [1.54, 1.807) is 12.1 Å². The number of carboxylic acid groups (broad SMARTS) is 1. The van der Waals surface area contributed by atoms with Gasteiger partial charge in [0.25, 0.3) is 0 Å². The summed E-state index contributed by atoms with van der Waals surface area (Å²) in [5, 5.41) is 12.0. The number of amides is 2. The van der Waals surface area contributed by atoms with Crippen molar-refractivity contribution in [1.82, 2.24) is 10.2 Å². The number of hydrogen-bond donors (Lipinski definition) is 2. The minimum atomic E-state index is -1.12. The summed E-state index contributed by atoms with van der Waals surface area (Å²) in [5.74, 6) is -1.61. The molecule has 1 atom stereocenters. The number of aliphatic carboxylic acids is 1. The lowest BCUT2D eigenvalue weighted by atomic mass is 10.0. The predicted octanol–water partition coefficient (Wildman–Crippen LogP) is 1.95. The fraction of sp³-hybridized carbons (Fsp3) is 0.500. The van der Waals surface area contributed by atoms with E-state index in [1.807, 2.05) is 19.9 Å². The molecule has 1 aromatic carbocycles. The Morgan fingerprint density at radius 2 is 1.96 bits per heavy atom. The topological polar surface area (TPSA) is 86.7 Å². The lowest BCUT2D eigenvalue weighted by Gasteiger charge is -2.22. The molecular formula is C18H24N2O4. The molecule has 1 aliphatic rings. The minimum Gasteiger partial charge on any atom is -0.479 e. The highest BCUT2D eigenvalue weighted by atomic mass is 16.4. The van der Waals surface area contributed by atoms with E-state index >= 15 is 0 Å². The van der Waals surface area contributed by atoms with Gasteiger partial charge in [-0.2, -0.15) is 0 Å². The van der Waals surface area contributed by atoms with Gasteiger partial charge in [0.15, 0.2) is 6.04 Å². The second-order valence-corrected chi connectivity index (χ2v) is 6.31. The van der Waals surface area contributed by atoms with E-state index in [4.69, 9.17) is 0 Å². The van der Waals surface area contributed by atoms with E-state index in [-0.39, 0.29) is 12.5 Å². The molecule has 2 amide bonds. The lowest BCUT2D eigenvalue weighted by Crippen LogP contribution is -2.43. The van der Waals surface area contributed by atoms with Crippen molar-refractivity contribution in [3.8, 4) is 0 Å². The second kappa shape index (κ2) is 7.95. The first-order valence-electron chi connectivity index (χ1n) is 8.25. The molecule has 0 spiro atoms. The molecule has 2 N–H and O–H groups in total. The van der Waals surface area contributed by atoms with Crippen LogP contribution in [0.1, 0.15) is 48.4 Å². The van der Waals surface area contributed by atoms with Gasteiger partial charge in [-0.1, -0.05) is 24.6 Å². The first kappa shape index (κ1) is 18.0. The Kier molecular flexibility index (Phi) is 5.95. The van der Waals surface area contributed by atoms with Crippen LogP contribution in [-0.2, 0) is 14.4 Å². The molecular weight excluding hydrogens is 308 g/mol. The zero-order valence-electron chi connectivity index (χ0n) is 14.2. The third kappa shape index (κ3) is 4.57. The molecule has 0 radical (unpaired) electrons. The normalized spacial score (nSPS) is 16.4. The number of aryl methyl sites for hydroxylation is 2. The van der Waals surface area contributed by atoms with Crippen LogP contribution in [-0.4, -0.2) is 40.9 Å². The van der Waals surface area contributed by atoms with Crippen LogP contribution in [0.2, 0.25) is 0 Å². The molecule has 1 saturated heterocycles. The monoisotopic (exact) mass is 332 g/mol. The Bertz CT molecular complexity index is 642. The quantitative estimate of drug-likeness (QED) is 0.863. The van der Waals surface area contributed by atoms with Gasteiger partial charge in [0, 0.05) is 13.0 Å². The number of carbonyl (C=O) groups excluding carboxylic acids is 2. The summed E-state index contributed by atoms with van der Waals surface area (Å²) in [7, 11) is 0. The highest BCUT2D eigenvalue weighted by molar-refractivity contribution is 5.88. The van der Waals surface area contributed by atoms with Crippen LogP contribution in [0.15, 0.2) is 18.2 Å². The van der Waals surface area contributed by atoms with E-state index in [0.29, 0.717) is 18.5 Å². The number of hydrogen-bond acceptors (Lipinski definition) is 3. The predicted molar refractivity (Wildman–Crippen MR) is 89.5 cm³/mol. The first-order chi connectivity index (χ1) is 11.4. The zero-order chi connectivity index (χ0) is 17.7. The number of benzene rings is 1. The number of likely N-dealkylation sites (tertiary alicyclic amines) is 1. The van der Waals surface area contributed by atoms with Gasteiger partial charge in [-0.15, -0.1) is 0 Å². The van der Waals surface area contributed by atoms with Crippen molar-refractivity contribution in [2.24, 2.45) is 0 Å². The van der Waals surface area contributed by atoms with Crippen LogP contribution in [0.5, 0.6) is 0 Å². The highest BCUT2D eigenvalue weighted by Crippen LogP contribution is 2.18. The maximum Gasteiger partial charge on any atom is 0.330 e. The van der Waals surface area contributed by atoms with Gasteiger partial charge in [-0.25, -0.2) is 4.79 Å². The van der Waals surface area contributed by atoms with Crippen molar-refractivity contribution in [1.29, 1.82) is 0 Å². The molecule has 2 rings (SSSR count). The number of rotatable bonds is 5. The zero-order valence-corrected chi connectivity index (χ0v) is 14.2. The first-order valence-corrected chi connectivity index (χ1v) is 8.25. The maximum atomic E-state index is 12.2. The molecule has 6 heteroatoms. The molecule has 1 fully saturated rings. The molecule has 24 heavy (non-hydrogen) atoms. The summed E-state index contributed by atoms with van der Waals surface area (Å²) in [6.45, 7) is 4.30. The molecule has 1 aromatic rings. The van der Waals surface area contributed by atoms with E-state index in [1.165, 1.54) is 4.90 Å². The molecule has 0 aliphatic carbocycles. The standard InChI is InChI=1S/C18H24N2O4/c1-12-7-8-14(10-13(12)2)17(18(23)24)19-15(21)11-20-9-5-3-4-6-16(20)22/h7-8,10,17H,3-6,9,11H2,1-2H3,(H,19,21)(H,23,24). The fourth-order valence-corrected chi connectivity index (χ4v) is 2.82. The maximum absolute atomic E-state index is 12.2. The molecule has 0 aromatic heterocycles. The van der Waals surface area contributed by atoms with Crippen molar-refractivity contribution in [3.63, 3.8) is 0 Å². The summed E-state index contributed by atoms with van der Waals surface area (Å²) >= 11 is 0. The number of nitrogens with zero attached hydrogens (tertiary/aromatic N) is 1. The van der Waals surface area contributed by atoms with E-state index < -0.39 is 17.9 Å². The van der Waals surface area contributed by atoms with Crippen molar-refractivity contribution in [2.75, 3.05) is 13.1 Å². The second-order valence-electron chi connectivity index (χ2n) is 6.31. The summed E-state index contributed by atoms with van der Waals surface area (Å²) in [6, 6.07) is 4.20. The molecule has 0 bridgehead atoms. The van der Waals surface area contributed by atoms with Crippen molar-refractivity contribution < 1.29 is 19.5 Å². The Morgan fingerprint density at radius 1 is 1.21 bits per heavy atom. The third-order valence-electron chi connectivity index (χ3n) is 4.42. The Balaban J connectivity index is 2.06. The average molecular weight is 332 g/mol. The third-order valence-corrected chi connectivity index (χ3v) is 4.42. The number of carbonyl (C=O) groups is 3. The van der Waals surface area contributed by atoms with Crippen LogP contribution >= 0.6 is 0 Å². The van der Waals surface area contributed by atoms with E-state index in [0.717, 1.165) is 30.4 Å². The molecule has 1 heterocycles. The summed E-state index contributed by atoms with van der Waals surface area (Å²) in [5.41, 5.74) is 2.56. The fourth-order valence-electron chi connectivity index (χ4n) is 2.82. The van der Waals surface area contributed by atoms with Crippen LogP contribution in [0, 0.1) is 13.8 Å². The van der Waals surface area contributed by atoms with E-state index in [9.17, 15) is 19.5 Å². The van der Waals surface area contributed by atoms with Crippen LogP contribution in [0.4, 0.5) is 0 Å². The van der Waals surface area contributed by atoms with Gasteiger partial charge < -0.3 is 15.3 Å². The Morgan fingerprint density at radius 3 is 2.62 bits per heavy atom.